The minimum absolute atomic E-state index is 0.180. The summed E-state index contributed by atoms with van der Waals surface area (Å²) in [4.78, 5) is 10.5. The maximum atomic E-state index is 11.8. The van der Waals surface area contributed by atoms with Crippen LogP contribution in [0.4, 0.5) is 13.2 Å². The Morgan fingerprint density at radius 3 is 2.73 bits per heavy atom. The van der Waals surface area contributed by atoms with Gasteiger partial charge in [-0.25, -0.2) is 4.79 Å². The molecule has 1 aliphatic rings. The summed E-state index contributed by atoms with van der Waals surface area (Å²) >= 11 is 0. The molecule has 0 aliphatic carbocycles. The first-order valence-corrected chi connectivity index (χ1v) is 4.55. The van der Waals surface area contributed by atoms with Crippen molar-refractivity contribution in [2.24, 2.45) is 0 Å². The summed E-state index contributed by atoms with van der Waals surface area (Å²) in [6.07, 6.45) is -5.17. The van der Waals surface area contributed by atoms with Crippen LogP contribution in [0.2, 0.25) is 0 Å². The molecule has 0 aromatic heterocycles. The largest absolute Gasteiger partial charge is 0.490 e. The summed E-state index contributed by atoms with van der Waals surface area (Å²) in [7, 11) is 0. The van der Waals surface area contributed by atoms with Crippen molar-refractivity contribution in [3.63, 3.8) is 0 Å². The summed E-state index contributed by atoms with van der Waals surface area (Å²) < 4.78 is 39.8. The zero-order chi connectivity index (χ0) is 11.5. The van der Waals surface area contributed by atoms with Gasteiger partial charge in [-0.3, -0.25) is 0 Å². The molecule has 7 heteroatoms. The Balaban J connectivity index is 2.41. The van der Waals surface area contributed by atoms with Crippen molar-refractivity contribution in [3.8, 4) is 0 Å². The highest BCUT2D eigenvalue weighted by atomic mass is 19.4. The van der Waals surface area contributed by atoms with E-state index in [1.54, 1.807) is 0 Å². The monoisotopic (exact) mass is 227 g/mol. The van der Waals surface area contributed by atoms with Crippen molar-refractivity contribution in [1.29, 1.82) is 0 Å². The van der Waals surface area contributed by atoms with Crippen LogP contribution in [0.1, 0.15) is 12.8 Å². The fourth-order valence-corrected chi connectivity index (χ4v) is 1.43. The minimum atomic E-state index is -4.94. The lowest BCUT2D eigenvalue weighted by molar-refractivity contribution is -0.206. The molecule has 0 aromatic carbocycles. The molecular formula is C8H12F3NO3. The lowest BCUT2D eigenvalue weighted by Crippen LogP contribution is -2.45. The van der Waals surface area contributed by atoms with Crippen molar-refractivity contribution < 1.29 is 27.8 Å². The van der Waals surface area contributed by atoms with Crippen LogP contribution in [0.3, 0.4) is 0 Å². The van der Waals surface area contributed by atoms with Crippen LogP contribution < -0.4 is 5.32 Å². The normalized spacial score (nSPS) is 27.5. The molecule has 2 unspecified atom stereocenters. The number of carbonyl (C=O) groups is 1. The molecular weight excluding hydrogens is 215 g/mol. The number of hydrogen-bond donors (Lipinski definition) is 2. The van der Waals surface area contributed by atoms with Gasteiger partial charge in [-0.15, -0.1) is 0 Å². The third kappa shape index (κ3) is 3.67. The molecule has 1 fully saturated rings. The first kappa shape index (κ1) is 12.3. The molecule has 0 radical (unpaired) electrons. The van der Waals surface area contributed by atoms with Gasteiger partial charge in [0.2, 0.25) is 0 Å². The number of aliphatic hydroxyl groups is 1. The fourth-order valence-electron chi connectivity index (χ4n) is 1.43. The van der Waals surface area contributed by atoms with Gasteiger partial charge in [-0.05, 0) is 13.0 Å². The van der Waals surface area contributed by atoms with Crippen molar-refractivity contribution >= 4 is 5.97 Å². The molecule has 0 amide bonds. The smallest absolute Gasteiger partial charge is 0.456 e. The summed E-state index contributed by atoms with van der Waals surface area (Å²) in [5.74, 6) is -2.16. The van der Waals surface area contributed by atoms with Gasteiger partial charge in [0.05, 0.1) is 6.61 Å². The Morgan fingerprint density at radius 2 is 2.20 bits per heavy atom. The Kier molecular flexibility index (Phi) is 3.92. The maximum Gasteiger partial charge on any atom is 0.490 e. The van der Waals surface area contributed by atoms with E-state index < -0.39 is 18.2 Å². The molecule has 0 saturated carbocycles. The van der Waals surface area contributed by atoms with Crippen molar-refractivity contribution in [2.75, 3.05) is 13.2 Å². The number of aliphatic hydroxyl groups excluding tert-OH is 1. The molecule has 2 atom stereocenters. The van der Waals surface area contributed by atoms with Crippen molar-refractivity contribution in [3.05, 3.63) is 0 Å². The molecule has 1 rings (SSSR count). The van der Waals surface area contributed by atoms with E-state index in [1.807, 2.05) is 0 Å². The second kappa shape index (κ2) is 4.80. The van der Waals surface area contributed by atoms with Crippen LogP contribution in [0.15, 0.2) is 0 Å². The van der Waals surface area contributed by atoms with E-state index in [0.29, 0.717) is 13.0 Å². The third-order valence-electron chi connectivity index (χ3n) is 2.17. The molecule has 0 bridgehead atoms. The standard InChI is InChI=1S/C8H12F3NO3/c9-8(10,11)7(14)15-6-1-2-12-5(3-6)4-13/h5-6,12-13H,1-4H2. The first-order valence-electron chi connectivity index (χ1n) is 4.55. The van der Waals surface area contributed by atoms with E-state index in [0.717, 1.165) is 0 Å². The summed E-state index contributed by atoms with van der Waals surface area (Å²) in [6.45, 7) is 0.251. The molecule has 1 aliphatic heterocycles. The molecule has 15 heavy (non-hydrogen) atoms. The highest BCUT2D eigenvalue weighted by Crippen LogP contribution is 2.20. The number of rotatable bonds is 2. The molecule has 1 saturated heterocycles. The van der Waals surface area contributed by atoms with Crippen LogP contribution in [0.25, 0.3) is 0 Å². The van der Waals surface area contributed by atoms with Crippen LogP contribution >= 0.6 is 0 Å². The van der Waals surface area contributed by atoms with E-state index in [4.69, 9.17) is 5.11 Å². The lowest BCUT2D eigenvalue weighted by atomic mass is 10.0. The Morgan fingerprint density at radius 1 is 1.53 bits per heavy atom. The average Bonchev–Trinajstić information content (AvgIpc) is 2.16. The number of hydrogen-bond acceptors (Lipinski definition) is 4. The molecule has 88 valence electrons. The van der Waals surface area contributed by atoms with Gasteiger partial charge in [-0.1, -0.05) is 0 Å². The average molecular weight is 227 g/mol. The third-order valence-corrected chi connectivity index (χ3v) is 2.17. The van der Waals surface area contributed by atoms with E-state index in [1.165, 1.54) is 0 Å². The van der Waals surface area contributed by atoms with E-state index >= 15 is 0 Å². The number of carbonyl (C=O) groups excluding carboxylic acids is 1. The summed E-state index contributed by atoms with van der Waals surface area (Å²) in [5, 5.41) is 11.7. The first-order chi connectivity index (χ1) is 6.93. The second-order valence-electron chi connectivity index (χ2n) is 3.38. The number of esters is 1. The van der Waals surface area contributed by atoms with Gasteiger partial charge in [0.15, 0.2) is 0 Å². The van der Waals surface area contributed by atoms with Gasteiger partial charge in [-0.2, -0.15) is 13.2 Å². The summed E-state index contributed by atoms with van der Waals surface area (Å²) in [5.41, 5.74) is 0. The number of alkyl halides is 3. The minimum Gasteiger partial charge on any atom is -0.456 e. The SMILES string of the molecule is O=C(OC1CCNC(CO)C1)C(F)(F)F. The highest BCUT2D eigenvalue weighted by Gasteiger charge is 2.42. The maximum absolute atomic E-state index is 11.8. The topological polar surface area (TPSA) is 58.6 Å². The van der Waals surface area contributed by atoms with Gasteiger partial charge in [0, 0.05) is 12.5 Å². The van der Waals surface area contributed by atoms with Gasteiger partial charge in [0.1, 0.15) is 6.10 Å². The van der Waals surface area contributed by atoms with Crippen LogP contribution in [-0.2, 0) is 9.53 Å². The Bertz CT molecular complexity index is 232. The highest BCUT2D eigenvalue weighted by molar-refractivity contribution is 5.75. The molecule has 4 nitrogen and oxygen atoms in total. The Labute approximate surface area is 84.4 Å². The molecule has 0 spiro atoms. The number of nitrogens with one attached hydrogen (secondary N) is 1. The molecule has 0 aromatic rings. The molecule has 1 heterocycles. The van der Waals surface area contributed by atoms with Gasteiger partial charge >= 0.3 is 12.1 Å². The van der Waals surface area contributed by atoms with E-state index in [9.17, 15) is 18.0 Å². The fraction of sp³-hybridized carbons (Fsp3) is 0.875. The van der Waals surface area contributed by atoms with Gasteiger partial charge in [0.25, 0.3) is 0 Å². The second-order valence-corrected chi connectivity index (χ2v) is 3.38. The number of halogens is 3. The van der Waals surface area contributed by atoms with Crippen LogP contribution in [0, 0.1) is 0 Å². The van der Waals surface area contributed by atoms with Crippen molar-refractivity contribution in [1.82, 2.24) is 5.32 Å². The van der Waals surface area contributed by atoms with Crippen LogP contribution in [-0.4, -0.2) is 42.5 Å². The summed E-state index contributed by atoms with van der Waals surface area (Å²) in [6, 6.07) is -0.301. The Hall–Kier alpha value is -0.820. The number of ether oxygens (including phenoxy) is 1. The predicted molar refractivity (Wildman–Crippen MR) is 44.0 cm³/mol. The molecule has 2 N–H and O–H groups in total. The van der Waals surface area contributed by atoms with Gasteiger partial charge < -0.3 is 15.2 Å². The number of piperidine rings is 1. The predicted octanol–water partition coefficient (Wildman–Crippen LogP) is 0.205. The van der Waals surface area contributed by atoms with Crippen LogP contribution in [0.5, 0.6) is 0 Å². The van der Waals surface area contributed by atoms with Crippen molar-refractivity contribution in [2.45, 2.75) is 31.2 Å². The zero-order valence-corrected chi connectivity index (χ0v) is 7.88. The lowest BCUT2D eigenvalue weighted by Gasteiger charge is -2.28. The van der Waals surface area contributed by atoms with E-state index in [-0.39, 0.29) is 19.1 Å². The quantitative estimate of drug-likeness (QED) is 0.662. The zero-order valence-electron chi connectivity index (χ0n) is 7.88. The van der Waals surface area contributed by atoms with E-state index in [2.05, 4.69) is 10.1 Å².